The van der Waals surface area contributed by atoms with Gasteiger partial charge < -0.3 is 10.6 Å². The van der Waals surface area contributed by atoms with Crippen molar-refractivity contribution in [2.75, 3.05) is 13.1 Å². The van der Waals surface area contributed by atoms with E-state index in [0.29, 0.717) is 11.0 Å². The first-order valence-corrected chi connectivity index (χ1v) is 5.69. The van der Waals surface area contributed by atoms with Gasteiger partial charge in [-0.3, -0.25) is 0 Å². The molecule has 0 aromatic carbocycles. The molecule has 2 rings (SSSR count). The largest absolute Gasteiger partial charge is 0.376 e. The topological polar surface area (TPSA) is 29.3 Å². The van der Waals surface area contributed by atoms with Gasteiger partial charge in [0, 0.05) is 19.0 Å². The molecule has 0 bridgehead atoms. The van der Waals surface area contributed by atoms with E-state index in [-0.39, 0.29) is 0 Å². The maximum absolute atomic E-state index is 5.57. The Hall–Kier alpha value is -0.610. The van der Waals surface area contributed by atoms with Crippen molar-refractivity contribution in [1.29, 1.82) is 0 Å². The fourth-order valence-corrected chi connectivity index (χ4v) is 2.65. The zero-order valence-electron chi connectivity index (χ0n) is 7.27. The highest BCUT2D eigenvalue weighted by Crippen LogP contribution is 2.28. The third-order valence-corrected chi connectivity index (χ3v) is 3.47. The summed E-state index contributed by atoms with van der Waals surface area (Å²) < 4.78 is 0. The second-order valence-corrected chi connectivity index (χ2v) is 4.52. The predicted molar refractivity (Wildman–Crippen MR) is 60.0 cm³/mol. The Labute approximate surface area is 87.3 Å². The van der Waals surface area contributed by atoms with Crippen LogP contribution >= 0.6 is 23.6 Å². The summed E-state index contributed by atoms with van der Waals surface area (Å²) in [6.45, 7) is 2.00. The number of nitrogens with zero attached hydrogens (tertiary/aromatic N) is 1. The van der Waals surface area contributed by atoms with E-state index in [4.69, 9.17) is 18.0 Å². The molecule has 1 aliphatic rings. The van der Waals surface area contributed by atoms with Crippen molar-refractivity contribution in [2.24, 2.45) is 5.73 Å². The van der Waals surface area contributed by atoms with Crippen LogP contribution in [0.3, 0.4) is 0 Å². The molecule has 0 amide bonds. The Balaban J connectivity index is 2.03. The van der Waals surface area contributed by atoms with Gasteiger partial charge >= 0.3 is 0 Å². The second kappa shape index (κ2) is 3.64. The molecule has 0 radical (unpaired) electrons. The second-order valence-electron chi connectivity index (χ2n) is 3.33. The standard InChI is InChI=1S/C9H12N2S2/c10-9(12)11-3-1-7(5-11)8-2-4-13-6-8/h2,4,6-7H,1,3,5H2,(H2,10,12). The van der Waals surface area contributed by atoms with Gasteiger partial charge in [-0.15, -0.1) is 0 Å². The van der Waals surface area contributed by atoms with E-state index in [1.54, 1.807) is 11.3 Å². The molecule has 2 nitrogen and oxygen atoms in total. The lowest BCUT2D eigenvalue weighted by Crippen LogP contribution is -2.33. The van der Waals surface area contributed by atoms with Crippen LogP contribution < -0.4 is 5.73 Å². The zero-order chi connectivity index (χ0) is 9.26. The maximum Gasteiger partial charge on any atom is 0.166 e. The molecule has 0 spiro atoms. The number of nitrogens with two attached hydrogens (primary N) is 1. The van der Waals surface area contributed by atoms with Crippen molar-refractivity contribution in [3.05, 3.63) is 22.4 Å². The lowest BCUT2D eigenvalue weighted by molar-refractivity contribution is 0.515. The Morgan fingerprint density at radius 3 is 3.08 bits per heavy atom. The molecule has 1 aromatic rings. The van der Waals surface area contributed by atoms with E-state index in [9.17, 15) is 0 Å². The number of thiophene rings is 1. The van der Waals surface area contributed by atoms with Crippen LogP contribution in [0, 0.1) is 0 Å². The van der Waals surface area contributed by atoms with Gasteiger partial charge in [0.1, 0.15) is 0 Å². The third-order valence-electron chi connectivity index (χ3n) is 2.51. The molecule has 1 atom stereocenters. The Kier molecular flexibility index (Phi) is 2.51. The van der Waals surface area contributed by atoms with Crippen molar-refractivity contribution >= 4 is 28.7 Å². The van der Waals surface area contributed by atoms with Crippen molar-refractivity contribution in [3.63, 3.8) is 0 Å². The quantitative estimate of drug-likeness (QED) is 0.720. The average molecular weight is 212 g/mol. The highest BCUT2D eigenvalue weighted by molar-refractivity contribution is 7.80. The smallest absolute Gasteiger partial charge is 0.166 e. The Bertz CT molecular complexity index is 295. The van der Waals surface area contributed by atoms with Crippen LogP contribution in [0.4, 0.5) is 0 Å². The van der Waals surface area contributed by atoms with Crippen LogP contribution in [0.1, 0.15) is 17.9 Å². The van der Waals surface area contributed by atoms with Crippen molar-refractivity contribution in [3.8, 4) is 0 Å². The maximum atomic E-state index is 5.57. The predicted octanol–water partition coefficient (Wildman–Crippen LogP) is 1.78. The molecule has 70 valence electrons. The lowest BCUT2D eigenvalue weighted by atomic mass is 10.0. The fourth-order valence-electron chi connectivity index (χ4n) is 1.74. The minimum Gasteiger partial charge on any atom is -0.376 e. The normalized spacial score (nSPS) is 22.2. The van der Waals surface area contributed by atoms with E-state index >= 15 is 0 Å². The van der Waals surface area contributed by atoms with Gasteiger partial charge in [-0.25, -0.2) is 0 Å². The number of thiocarbonyl (C=S) groups is 1. The summed E-state index contributed by atoms with van der Waals surface area (Å²) in [6.07, 6.45) is 1.17. The zero-order valence-corrected chi connectivity index (χ0v) is 8.90. The number of rotatable bonds is 1. The van der Waals surface area contributed by atoms with E-state index in [0.717, 1.165) is 13.1 Å². The molecule has 13 heavy (non-hydrogen) atoms. The van der Waals surface area contributed by atoms with E-state index in [1.165, 1.54) is 12.0 Å². The van der Waals surface area contributed by atoms with Crippen LogP contribution in [0.25, 0.3) is 0 Å². The van der Waals surface area contributed by atoms with Crippen molar-refractivity contribution < 1.29 is 0 Å². The minimum absolute atomic E-state index is 0.540. The monoisotopic (exact) mass is 212 g/mol. The van der Waals surface area contributed by atoms with Gasteiger partial charge in [0.05, 0.1) is 0 Å². The first-order chi connectivity index (χ1) is 6.27. The summed E-state index contributed by atoms with van der Waals surface area (Å²) in [5.41, 5.74) is 7.01. The van der Waals surface area contributed by atoms with Crippen LogP contribution in [0.5, 0.6) is 0 Å². The molecule has 2 heterocycles. The number of hydrogen-bond donors (Lipinski definition) is 1. The molecule has 2 N–H and O–H groups in total. The molecular formula is C9H12N2S2. The summed E-state index contributed by atoms with van der Waals surface area (Å²) in [7, 11) is 0. The van der Waals surface area contributed by atoms with Gasteiger partial charge in [0.15, 0.2) is 5.11 Å². The van der Waals surface area contributed by atoms with Crippen LogP contribution in [-0.4, -0.2) is 23.1 Å². The summed E-state index contributed by atoms with van der Waals surface area (Å²) in [5.74, 6) is 0.632. The van der Waals surface area contributed by atoms with Gasteiger partial charge in [-0.2, -0.15) is 11.3 Å². The fraction of sp³-hybridized carbons (Fsp3) is 0.444. The average Bonchev–Trinajstić information content (AvgIpc) is 2.75. The van der Waals surface area contributed by atoms with Crippen LogP contribution in [-0.2, 0) is 0 Å². The van der Waals surface area contributed by atoms with Gasteiger partial charge in [0.25, 0.3) is 0 Å². The molecule has 1 aliphatic heterocycles. The van der Waals surface area contributed by atoms with Gasteiger partial charge in [-0.1, -0.05) is 0 Å². The van der Waals surface area contributed by atoms with Crippen molar-refractivity contribution in [2.45, 2.75) is 12.3 Å². The number of hydrogen-bond acceptors (Lipinski definition) is 2. The summed E-state index contributed by atoms with van der Waals surface area (Å²) in [4.78, 5) is 2.08. The molecule has 1 fully saturated rings. The SMILES string of the molecule is NC(=S)N1CCC(c2ccsc2)C1. The molecule has 1 aromatic heterocycles. The first-order valence-electron chi connectivity index (χ1n) is 4.34. The molecule has 1 saturated heterocycles. The summed E-state index contributed by atoms with van der Waals surface area (Å²) in [6, 6.07) is 2.19. The van der Waals surface area contributed by atoms with Crippen LogP contribution in [0.15, 0.2) is 16.8 Å². The highest BCUT2D eigenvalue weighted by atomic mass is 32.1. The van der Waals surface area contributed by atoms with E-state index < -0.39 is 0 Å². The summed E-state index contributed by atoms with van der Waals surface area (Å²) >= 11 is 6.70. The first kappa shape index (κ1) is 8.97. The van der Waals surface area contributed by atoms with Gasteiger partial charge in [-0.05, 0) is 41.0 Å². The van der Waals surface area contributed by atoms with E-state index in [2.05, 4.69) is 21.7 Å². The highest BCUT2D eigenvalue weighted by Gasteiger charge is 2.24. The molecular weight excluding hydrogens is 200 g/mol. The summed E-state index contributed by atoms with van der Waals surface area (Å²) in [5, 5.41) is 4.88. The Morgan fingerprint density at radius 1 is 1.69 bits per heavy atom. The van der Waals surface area contributed by atoms with Crippen LogP contribution in [0.2, 0.25) is 0 Å². The molecule has 4 heteroatoms. The molecule has 1 unspecified atom stereocenters. The minimum atomic E-state index is 0.540. The van der Waals surface area contributed by atoms with Gasteiger partial charge in [0.2, 0.25) is 0 Å². The third kappa shape index (κ3) is 1.84. The molecule has 0 aliphatic carbocycles. The Morgan fingerprint density at radius 2 is 2.54 bits per heavy atom. The number of likely N-dealkylation sites (tertiary alicyclic amines) is 1. The van der Waals surface area contributed by atoms with E-state index in [1.807, 2.05) is 0 Å². The lowest BCUT2D eigenvalue weighted by Gasteiger charge is -2.15. The molecule has 0 saturated carbocycles. The van der Waals surface area contributed by atoms with Crippen molar-refractivity contribution in [1.82, 2.24) is 4.90 Å².